The topological polar surface area (TPSA) is 56.7 Å². The number of alkyl halides is 3. The predicted molar refractivity (Wildman–Crippen MR) is 119 cm³/mol. The summed E-state index contributed by atoms with van der Waals surface area (Å²) in [6, 6.07) is 9.76. The Morgan fingerprint density at radius 3 is 2.62 bits per heavy atom. The maximum atomic E-state index is 13.0. The number of hydrogen-bond donors (Lipinski definition) is 1. The van der Waals surface area contributed by atoms with Gasteiger partial charge in [-0.05, 0) is 43.2 Å². The van der Waals surface area contributed by atoms with Crippen molar-refractivity contribution < 1.29 is 23.1 Å². The van der Waals surface area contributed by atoms with E-state index < -0.39 is 17.7 Å². The first-order chi connectivity index (χ1) is 15.1. The summed E-state index contributed by atoms with van der Waals surface area (Å²) >= 11 is 1.29. The molecule has 1 N–H and O–H groups in total. The van der Waals surface area contributed by atoms with E-state index in [2.05, 4.69) is 27.8 Å². The molecule has 9 heteroatoms. The van der Waals surface area contributed by atoms with Crippen LogP contribution < -0.4 is 4.90 Å². The largest absolute Gasteiger partial charge is 0.481 e. The van der Waals surface area contributed by atoms with Crippen LogP contribution in [0.3, 0.4) is 0 Å². The van der Waals surface area contributed by atoms with Gasteiger partial charge in [0.1, 0.15) is 0 Å². The van der Waals surface area contributed by atoms with Gasteiger partial charge in [0.25, 0.3) is 0 Å². The number of aliphatic carboxylic acids is 1. The van der Waals surface area contributed by atoms with Crippen molar-refractivity contribution in [2.24, 2.45) is 0 Å². The number of thiazole rings is 1. The average molecular weight is 464 g/mol. The standard InChI is InChI=1S/C23H24F3N3O2S/c1-14-7-16(10-21(30)31)9-17(8-14)13-28-5-6-29(15(2)12-28)22-27-19-4-3-18(23(24,25)26)11-20(19)32-22/h3-4,7-9,11,15H,5-6,10,12-13H2,1-2H3,(H,30,31)/t15-/m0/s1. The SMILES string of the molecule is Cc1cc(CC(=O)O)cc(CN2CCN(c3nc4ccc(C(F)(F)F)cc4s3)[C@@H](C)C2)c1. The van der Waals surface area contributed by atoms with Crippen LogP contribution in [0.1, 0.15) is 29.2 Å². The van der Waals surface area contributed by atoms with E-state index in [0.29, 0.717) is 10.2 Å². The molecule has 0 unspecified atom stereocenters. The first kappa shape index (κ1) is 22.5. The molecule has 32 heavy (non-hydrogen) atoms. The van der Waals surface area contributed by atoms with E-state index in [1.807, 2.05) is 19.1 Å². The Labute approximate surface area is 188 Å². The zero-order chi connectivity index (χ0) is 23.0. The first-order valence-electron chi connectivity index (χ1n) is 10.4. The molecular weight excluding hydrogens is 439 g/mol. The number of fused-ring (bicyclic) bond motifs is 1. The van der Waals surface area contributed by atoms with Crippen molar-refractivity contribution in [3.63, 3.8) is 0 Å². The van der Waals surface area contributed by atoms with Crippen molar-refractivity contribution >= 4 is 32.7 Å². The van der Waals surface area contributed by atoms with Crippen LogP contribution in [-0.4, -0.2) is 46.6 Å². The predicted octanol–water partition coefficient (Wildman–Crippen LogP) is 4.96. The van der Waals surface area contributed by atoms with Crippen LogP contribution in [0, 0.1) is 6.92 Å². The van der Waals surface area contributed by atoms with E-state index in [0.717, 1.165) is 54.1 Å². The molecule has 2 aromatic carbocycles. The number of carbonyl (C=O) groups is 1. The van der Waals surface area contributed by atoms with Crippen LogP contribution in [0.25, 0.3) is 10.2 Å². The van der Waals surface area contributed by atoms with Gasteiger partial charge >= 0.3 is 12.1 Å². The number of carboxylic acid groups (broad SMARTS) is 1. The molecule has 4 rings (SSSR count). The lowest BCUT2D eigenvalue weighted by Gasteiger charge is -2.39. The van der Waals surface area contributed by atoms with Crippen LogP contribution in [0.15, 0.2) is 36.4 Å². The third-order valence-electron chi connectivity index (χ3n) is 5.62. The molecule has 1 fully saturated rings. The lowest BCUT2D eigenvalue weighted by atomic mass is 10.0. The Morgan fingerprint density at radius 2 is 1.94 bits per heavy atom. The third kappa shape index (κ3) is 5.05. The molecular formula is C23H24F3N3O2S. The molecule has 0 saturated carbocycles. The van der Waals surface area contributed by atoms with Crippen molar-refractivity contribution in [1.29, 1.82) is 0 Å². The van der Waals surface area contributed by atoms with E-state index in [9.17, 15) is 18.0 Å². The van der Waals surface area contributed by atoms with Gasteiger partial charge in [-0.15, -0.1) is 0 Å². The summed E-state index contributed by atoms with van der Waals surface area (Å²) in [6.45, 7) is 7.07. The number of halogens is 3. The first-order valence-corrected chi connectivity index (χ1v) is 11.2. The summed E-state index contributed by atoms with van der Waals surface area (Å²) < 4.78 is 39.6. The van der Waals surface area contributed by atoms with Crippen molar-refractivity contribution in [3.8, 4) is 0 Å². The zero-order valence-corrected chi connectivity index (χ0v) is 18.6. The molecule has 1 aliphatic heterocycles. The maximum Gasteiger partial charge on any atom is 0.416 e. The van der Waals surface area contributed by atoms with Gasteiger partial charge in [0.05, 0.1) is 22.2 Å². The van der Waals surface area contributed by atoms with Crippen molar-refractivity contribution in [2.45, 2.75) is 39.0 Å². The average Bonchev–Trinajstić information content (AvgIpc) is 3.09. The Kier molecular flexibility index (Phi) is 6.13. The van der Waals surface area contributed by atoms with Crippen molar-refractivity contribution in [1.82, 2.24) is 9.88 Å². The van der Waals surface area contributed by atoms with E-state index in [-0.39, 0.29) is 12.5 Å². The Balaban J connectivity index is 1.46. The third-order valence-corrected chi connectivity index (χ3v) is 6.68. The summed E-state index contributed by atoms with van der Waals surface area (Å²) in [4.78, 5) is 20.1. The molecule has 0 amide bonds. The van der Waals surface area contributed by atoms with Crippen molar-refractivity contribution in [2.75, 3.05) is 24.5 Å². The second-order valence-electron chi connectivity index (χ2n) is 8.35. The number of aromatic nitrogens is 1. The molecule has 1 saturated heterocycles. The van der Waals surface area contributed by atoms with Gasteiger partial charge in [0.15, 0.2) is 5.13 Å². The number of aryl methyl sites for hydroxylation is 1. The summed E-state index contributed by atoms with van der Waals surface area (Å²) in [5.41, 5.74) is 2.85. The quantitative estimate of drug-likeness (QED) is 0.580. The number of benzene rings is 2. The number of nitrogens with zero attached hydrogens (tertiary/aromatic N) is 3. The molecule has 2 heterocycles. The molecule has 5 nitrogen and oxygen atoms in total. The number of rotatable bonds is 5. The van der Waals surface area contributed by atoms with Gasteiger partial charge in [-0.1, -0.05) is 35.1 Å². The monoisotopic (exact) mass is 463 g/mol. The highest BCUT2D eigenvalue weighted by molar-refractivity contribution is 7.22. The van der Waals surface area contributed by atoms with Gasteiger partial charge in [0.2, 0.25) is 0 Å². The summed E-state index contributed by atoms with van der Waals surface area (Å²) in [5, 5.41) is 9.81. The molecule has 1 aliphatic rings. The number of hydrogen-bond acceptors (Lipinski definition) is 5. The van der Waals surface area contributed by atoms with E-state index in [4.69, 9.17) is 5.11 Å². The fourth-order valence-electron chi connectivity index (χ4n) is 4.25. The van der Waals surface area contributed by atoms with Crippen LogP contribution in [0.2, 0.25) is 0 Å². The zero-order valence-electron chi connectivity index (χ0n) is 17.8. The fourth-order valence-corrected chi connectivity index (χ4v) is 5.38. The normalized spacial score (nSPS) is 17.8. The van der Waals surface area contributed by atoms with Crippen LogP contribution in [0.5, 0.6) is 0 Å². The molecule has 1 atom stereocenters. The second kappa shape index (κ2) is 8.71. The smallest absolute Gasteiger partial charge is 0.416 e. The van der Waals surface area contributed by atoms with Crippen LogP contribution >= 0.6 is 11.3 Å². The van der Waals surface area contributed by atoms with Gasteiger partial charge in [-0.2, -0.15) is 13.2 Å². The molecule has 0 bridgehead atoms. The highest BCUT2D eigenvalue weighted by atomic mass is 32.1. The molecule has 0 aliphatic carbocycles. The lowest BCUT2D eigenvalue weighted by Crippen LogP contribution is -2.51. The Bertz CT molecular complexity index is 1150. The highest BCUT2D eigenvalue weighted by Crippen LogP contribution is 2.36. The Morgan fingerprint density at radius 1 is 1.19 bits per heavy atom. The molecule has 170 valence electrons. The van der Waals surface area contributed by atoms with Gasteiger partial charge in [-0.25, -0.2) is 4.98 Å². The van der Waals surface area contributed by atoms with E-state index >= 15 is 0 Å². The fraction of sp³-hybridized carbons (Fsp3) is 0.391. The lowest BCUT2D eigenvalue weighted by molar-refractivity contribution is -0.138. The molecule has 0 spiro atoms. The highest BCUT2D eigenvalue weighted by Gasteiger charge is 2.31. The summed E-state index contributed by atoms with van der Waals surface area (Å²) in [6.07, 6.45) is -4.36. The Hall–Kier alpha value is -2.65. The van der Waals surface area contributed by atoms with Crippen LogP contribution in [-0.2, 0) is 23.9 Å². The van der Waals surface area contributed by atoms with E-state index in [1.54, 1.807) is 0 Å². The number of piperazine rings is 1. The molecule has 0 radical (unpaired) electrons. The number of carboxylic acids is 1. The minimum Gasteiger partial charge on any atom is -0.481 e. The molecule has 1 aromatic heterocycles. The van der Waals surface area contributed by atoms with Crippen molar-refractivity contribution in [3.05, 3.63) is 58.7 Å². The minimum atomic E-state index is -4.36. The summed E-state index contributed by atoms with van der Waals surface area (Å²) in [7, 11) is 0. The second-order valence-corrected chi connectivity index (χ2v) is 9.36. The van der Waals surface area contributed by atoms with Gasteiger partial charge in [-0.3, -0.25) is 9.69 Å². The minimum absolute atomic E-state index is 0.00647. The number of anilines is 1. The van der Waals surface area contributed by atoms with Gasteiger partial charge in [0, 0.05) is 32.2 Å². The van der Waals surface area contributed by atoms with Crippen LogP contribution in [0.4, 0.5) is 18.3 Å². The van der Waals surface area contributed by atoms with Gasteiger partial charge < -0.3 is 10.0 Å². The van der Waals surface area contributed by atoms with E-state index in [1.165, 1.54) is 23.5 Å². The molecule has 3 aromatic rings. The maximum absolute atomic E-state index is 13.0. The summed E-state index contributed by atoms with van der Waals surface area (Å²) in [5.74, 6) is -0.845.